The number of rotatable bonds is 2. The molecule has 0 fully saturated rings. The molecule has 0 amide bonds. The standard InChI is InChI=1S/C7H6O6S.C3H8O.K/c8-6-2-1-4(14(11,12)13)3-5(6)7(9)10;1-3(2)4;/h1-3,8H,(H,9,10)(H,11,12,13);3-4H,1-2H3;. The fourth-order valence-electron chi connectivity index (χ4n) is 0.847. The summed E-state index contributed by atoms with van der Waals surface area (Å²) in [5.41, 5.74) is -0.583. The molecule has 1 radical (unpaired) electrons. The normalized spacial score (nSPS) is 10.2. The van der Waals surface area contributed by atoms with Crippen LogP contribution in [0.15, 0.2) is 23.1 Å². The van der Waals surface area contributed by atoms with E-state index in [1.54, 1.807) is 13.8 Å². The molecule has 4 N–H and O–H groups in total. The van der Waals surface area contributed by atoms with Gasteiger partial charge in [-0.25, -0.2) is 4.79 Å². The summed E-state index contributed by atoms with van der Waals surface area (Å²) >= 11 is 0. The number of hydrogen-bond acceptors (Lipinski definition) is 5. The van der Waals surface area contributed by atoms with E-state index in [2.05, 4.69) is 0 Å². The van der Waals surface area contributed by atoms with Gasteiger partial charge in [0.25, 0.3) is 10.1 Å². The van der Waals surface area contributed by atoms with E-state index >= 15 is 0 Å². The molecule has 0 atom stereocenters. The van der Waals surface area contributed by atoms with E-state index in [9.17, 15) is 13.2 Å². The Morgan fingerprint density at radius 3 is 2.00 bits per heavy atom. The second-order valence-electron chi connectivity index (χ2n) is 3.55. The number of phenols is 1. The Bertz CT molecular complexity index is 522. The number of carboxylic acids is 1. The molecule has 0 spiro atoms. The minimum atomic E-state index is -4.45. The minimum Gasteiger partial charge on any atom is -0.507 e. The number of aliphatic hydroxyl groups excluding tert-OH is 1. The molecule has 0 aliphatic heterocycles. The zero-order valence-corrected chi connectivity index (χ0v) is 14.7. The first-order chi connectivity index (χ1) is 8.05. The molecule has 19 heavy (non-hydrogen) atoms. The van der Waals surface area contributed by atoms with Crippen LogP contribution in [0.2, 0.25) is 0 Å². The predicted octanol–water partition coefficient (Wildman–Crippen LogP) is 0.343. The molecular formula is C10H14KO7S. The zero-order valence-electron chi connectivity index (χ0n) is 10.7. The van der Waals surface area contributed by atoms with Crippen LogP contribution in [0.4, 0.5) is 0 Å². The second kappa shape index (κ2) is 9.03. The van der Waals surface area contributed by atoms with Crippen molar-refractivity contribution < 1.29 is 33.1 Å². The molecule has 1 aromatic carbocycles. The van der Waals surface area contributed by atoms with E-state index in [1.165, 1.54) is 0 Å². The molecule has 0 aromatic heterocycles. The number of benzene rings is 1. The van der Waals surface area contributed by atoms with Crippen LogP contribution in [-0.2, 0) is 10.1 Å². The van der Waals surface area contributed by atoms with Crippen molar-refractivity contribution in [3.63, 3.8) is 0 Å². The predicted molar refractivity (Wildman–Crippen MR) is 68.0 cm³/mol. The fourth-order valence-corrected chi connectivity index (χ4v) is 1.35. The summed E-state index contributed by atoms with van der Waals surface area (Å²) < 4.78 is 29.8. The van der Waals surface area contributed by atoms with Crippen molar-refractivity contribution in [2.75, 3.05) is 0 Å². The molecule has 0 heterocycles. The van der Waals surface area contributed by atoms with Gasteiger partial charge in [0.05, 0.1) is 4.90 Å². The van der Waals surface area contributed by atoms with Crippen LogP contribution in [-0.4, -0.2) is 91.7 Å². The van der Waals surface area contributed by atoms with Gasteiger partial charge >= 0.3 is 5.97 Å². The van der Waals surface area contributed by atoms with Crippen LogP contribution < -0.4 is 0 Å². The number of carboxylic acid groups (broad SMARTS) is 1. The summed E-state index contributed by atoms with van der Waals surface area (Å²) in [6, 6.07) is 2.46. The number of aromatic carboxylic acids is 1. The Hall–Kier alpha value is -0.00364. The summed E-state index contributed by atoms with van der Waals surface area (Å²) in [6.07, 6.45) is -0.167. The van der Waals surface area contributed by atoms with Gasteiger partial charge in [0.1, 0.15) is 11.3 Å². The third-order valence-electron chi connectivity index (χ3n) is 1.50. The SMILES string of the molecule is CC(C)O.O=C(O)c1cc(S(=O)(=O)O)ccc1O.[K]. The van der Waals surface area contributed by atoms with Crippen LogP contribution in [0.5, 0.6) is 5.75 Å². The molecule has 1 aromatic rings. The van der Waals surface area contributed by atoms with Gasteiger partial charge in [-0.15, -0.1) is 0 Å². The van der Waals surface area contributed by atoms with Crippen molar-refractivity contribution in [2.45, 2.75) is 24.8 Å². The van der Waals surface area contributed by atoms with Gasteiger partial charge in [0.15, 0.2) is 0 Å². The molecule has 0 aliphatic rings. The van der Waals surface area contributed by atoms with E-state index in [4.69, 9.17) is 19.9 Å². The van der Waals surface area contributed by atoms with E-state index in [0.717, 1.165) is 12.1 Å². The number of aromatic hydroxyl groups is 1. The van der Waals surface area contributed by atoms with Crippen LogP contribution in [0.25, 0.3) is 0 Å². The van der Waals surface area contributed by atoms with E-state index in [1.807, 2.05) is 0 Å². The number of carbonyl (C=O) groups is 1. The maximum absolute atomic E-state index is 10.6. The molecular weight excluding hydrogens is 303 g/mol. The minimum absolute atomic E-state index is 0. The molecule has 7 nitrogen and oxygen atoms in total. The van der Waals surface area contributed by atoms with Gasteiger partial charge in [-0.2, -0.15) is 8.42 Å². The molecule has 0 saturated carbocycles. The van der Waals surface area contributed by atoms with Gasteiger partial charge in [-0.05, 0) is 32.0 Å². The average molecular weight is 317 g/mol. The zero-order chi connectivity index (χ0) is 14.5. The maximum Gasteiger partial charge on any atom is 0.339 e. The smallest absolute Gasteiger partial charge is 0.339 e. The summed E-state index contributed by atoms with van der Waals surface area (Å²) in [7, 11) is -4.45. The van der Waals surface area contributed by atoms with E-state index < -0.39 is 32.3 Å². The monoisotopic (exact) mass is 317 g/mol. The Labute approximate surface area is 153 Å². The Kier molecular flexibility index (Phi) is 10.1. The van der Waals surface area contributed by atoms with Crippen molar-refractivity contribution in [3.05, 3.63) is 23.8 Å². The summed E-state index contributed by atoms with van der Waals surface area (Å²) in [5, 5.41) is 25.6. The third-order valence-corrected chi connectivity index (χ3v) is 2.35. The maximum atomic E-state index is 10.6. The first kappa shape index (κ1) is 21.3. The van der Waals surface area contributed by atoms with E-state index in [-0.39, 0.29) is 57.5 Å². The largest absolute Gasteiger partial charge is 0.507 e. The fraction of sp³-hybridized carbons (Fsp3) is 0.300. The summed E-state index contributed by atoms with van der Waals surface area (Å²) in [5.74, 6) is -2.04. The molecule has 103 valence electrons. The van der Waals surface area contributed by atoms with Gasteiger partial charge in [-0.1, -0.05) is 0 Å². The Balaban J connectivity index is 0. The van der Waals surface area contributed by atoms with Crippen LogP contribution >= 0.6 is 0 Å². The molecule has 0 unspecified atom stereocenters. The van der Waals surface area contributed by atoms with Crippen LogP contribution in [0, 0.1) is 0 Å². The topological polar surface area (TPSA) is 132 Å². The van der Waals surface area contributed by atoms with Crippen LogP contribution in [0.1, 0.15) is 24.2 Å². The van der Waals surface area contributed by atoms with Crippen molar-refractivity contribution in [3.8, 4) is 5.75 Å². The van der Waals surface area contributed by atoms with Gasteiger partial charge in [-0.3, -0.25) is 4.55 Å². The summed E-state index contributed by atoms with van der Waals surface area (Å²) in [6.45, 7) is 3.44. The quantitative estimate of drug-likeness (QED) is 0.457. The van der Waals surface area contributed by atoms with E-state index in [0.29, 0.717) is 6.07 Å². The molecule has 0 aliphatic carbocycles. The molecule has 1 rings (SSSR count). The van der Waals surface area contributed by atoms with Crippen molar-refractivity contribution in [1.82, 2.24) is 0 Å². The number of hydrogen-bond donors (Lipinski definition) is 4. The average Bonchev–Trinajstić information content (AvgIpc) is 2.14. The molecule has 9 heteroatoms. The van der Waals surface area contributed by atoms with Crippen molar-refractivity contribution in [2.24, 2.45) is 0 Å². The van der Waals surface area contributed by atoms with Gasteiger partial charge in [0, 0.05) is 57.5 Å². The number of aliphatic hydroxyl groups is 1. The first-order valence-corrected chi connectivity index (χ1v) is 6.21. The second-order valence-corrected chi connectivity index (χ2v) is 4.97. The Morgan fingerprint density at radius 1 is 1.26 bits per heavy atom. The van der Waals surface area contributed by atoms with Gasteiger partial charge < -0.3 is 15.3 Å². The summed E-state index contributed by atoms with van der Waals surface area (Å²) in [4.78, 5) is 9.89. The van der Waals surface area contributed by atoms with Crippen LogP contribution in [0.3, 0.4) is 0 Å². The van der Waals surface area contributed by atoms with Crippen molar-refractivity contribution in [1.29, 1.82) is 0 Å². The third kappa shape index (κ3) is 8.71. The molecule has 0 bridgehead atoms. The van der Waals surface area contributed by atoms with Gasteiger partial charge in [0.2, 0.25) is 0 Å². The first-order valence-electron chi connectivity index (χ1n) is 4.77. The Morgan fingerprint density at radius 2 is 1.68 bits per heavy atom. The molecule has 0 saturated heterocycles. The van der Waals surface area contributed by atoms with Crippen molar-refractivity contribution >= 4 is 67.5 Å².